The van der Waals surface area contributed by atoms with Crippen molar-refractivity contribution in [3.63, 3.8) is 0 Å². The van der Waals surface area contributed by atoms with Crippen molar-refractivity contribution in [1.82, 2.24) is 9.97 Å². The van der Waals surface area contributed by atoms with E-state index in [0.29, 0.717) is 0 Å². The van der Waals surface area contributed by atoms with Crippen molar-refractivity contribution in [1.29, 1.82) is 0 Å². The van der Waals surface area contributed by atoms with Crippen LogP contribution in [0.25, 0.3) is 0 Å². The second kappa shape index (κ2) is 4.84. The lowest BCUT2D eigenvalue weighted by molar-refractivity contribution is 0.404. The van der Waals surface area contributed by atoms with Crippen LogP contribution in [-0.4, -0.2) is 9.97 Å². The number of hydrogen-bond donors (Lipinski definition) is 0. The summed E-state index contributed by atoms with van der Waals surface area (Å²) in [7, 11) is 0. The van der Waals surface area contributed by atoms with Gasteiger partial charge in [0, 0.05) is 6.20 Å². The molecule has 0 aliphatic carbocycles. The standard InChI is InChI=1S/C12H4F4N2/c13-9-8(10(14)12(16)18-11(9)15)5-4-7-3-1-2-6-17-7/h1-3,6H. The van der Waals surface area contributed by atoms with Gasteiger partial charge in [-0.3, -0.25) is 0 Å². The molecule has 2 aromatic rings. The first-order valence-corrected chi connectivity index (χ1v) is 4.72. The van der Waals surface area contributed by atoms with Crippen LogP contribution in [-0.2, 0) is 0 Å². The van der Waals surface area contributed by atoms with E-state index in [-0.39, 0.29) is 5.69 Å². The van der Waals surface area contributed by atoms with Gasteiger partial charge in [0.1, 0.15) is 11.3 Å². The van der Waals surface area contributed by atoms with E-state index in [2.05, 4.69) is 15.9 Å². The molecule has 0 aromatic carbocycles. The van der Waals surface area contributed by atoms with Crippen LogP contribution in [0.1, 0.15) is 11.3 Å². The molecule has 0 unspecified atom stereocenters. The van der Waals surface area contributed by atoms with E-state index < -0.39 is 29.1 Å². The zero-order chi connectivity index (χ0) is 13.1. The molecule has 0 spiro atoms. The second-order valence-electron chi connectivity index (χ2n) is 3.16. The van der Waals surface area contributed by atoms with Gasteiger partial charge in [-0.25, -0.2) is 13.8 Å². The SMILES string of the molecule is Fc1nc(F)c(F)c(C#Cc2ccccn2)c1F. The minimum absolute atomic E-state index is 0.217. The molecule has 0 N–H and O–H groups in total. The van der Waals surface area contributed by atoms with Gasteiger partial charge in [-0.05, 0) is 18.1 Å². The fourth-order valence-electron chi connectivity index (χ4n) is 1.16. The fraction of sp³-hybridized carbons (Fsp3) is 0. The van der Waals surface area contributed by atoms with E-state index in [1.807, 2.05) is 5.92 Å². The van der Waals surface area contributed by atoms with Crippen molar-refractivity contribution in [2.75, 3.05) is 0 Å². The molecule has 0 amide bonds. The molecule has 0 aliphatic rings. The van der Waals surface area contributed by atoms with Crippen LogP contribution < -0.4 is 0 Å². The minimum Gasteiger partial charge on any atom is -0.248 e. The molecule has 0 atom stereocenters. The summed E-state index contributed by atoms with van der Waals surface area (Å²) in [5.41, 5.74) is -0.792. The molecular formula is C12H4F4N2. The number of halogens is 4. The lowest BCUT2D eigenvalue weighted by Gasteiger charge is -1.98. The topological polar surface area (TPSA) is 25.8 Å². The Kier molecular flexibility index (Phi) is 3.24. The molecule has 2 aromatic heterocycles. The molecule has 0 bridgehead atoms. The van der Waals surface area contributed by atoms with Gasteiger partial charge in [0.2, 0.25) is 0 Å². The maximum atomic E-state index is 13.2. The van der Waals surface area contributed by atoms with Crippen molar-refractivity contribution in [3.8, 4) is 11.8 Å². The van der Waals surface area contributed by atoms with E-state index in [1.54, 1.807) is 12.1 Å². The summed E-state index contributed by atoms with van der Waals surface area (Å²) in [6.07, 6.45) is 1.42. The summed E-state index contributed by atoms with van der Waals surface area (Å²) < 4.78 is 51.9. The van der Waals surface area contributed by atoms with Gasteiger partial charge in [0.15, 0.2) is 11.6 Å². The van der Waals surface area contributed by atoms with Gasteiger partial charge >= 0.3 is 0 Å². The Balaban J connectivity index is 2.51. The normalized spacial score (nSPS) is 9.78. The van der Waals surface area contributed by atoms with Gasteiger partial charge in [-0.1, -0.05) is 12.0 Å². The van der Waals surface area contributed by atoms with Gasteiger partial charge in [0.25, 0.3) is 11.9 Å². The average molecular weight is 252 g/mol. The smallest absolute Gasteiger partial charge is 0.248 e. The van der Waals surface area contributed by atoms with Crippen LogP contribution in [0.3, 0.4) is 0 Å². The van der Waals surface area contributed by atoms with Gasteiger partial charge in [0.05, 0.1) is 0 Å². The third-order valence-corrected chi connectivity index (χ3v) is 1.98. The number of nitrogens with zero attached hydrogens (tertiary/aromatic N) is 2. The molecule has 2 heterocycles. The molecular weight excluding hydrogens is 248 g/mol. The van der Waals surface area contributed by atoms with Crippen molar-refractivity contribution >= 4 is 0 Å². The third kappa shape index (κ3) is 2.30. The Hall–Kier alpha value is -2.42. The van der Waals surface area contributed by atoms with Gasteiger partial charge in [-0.15, -0.1) is 0 Å². The third-order valence-electron chi connectivity index (χ3n) is 1.98. The lowest BCUT2D eigenvalue weighted by Crippen LogP contribution is -2.03. The highest BCUT2D eigenvalue weighted by Crippen LogP contribution is 2.15. The van der Waals surface area contributed by atoms with Crippen LogP contribution in [0.5, 0.6) is 0 Å². The Morgan fingerprint density at radius 1 is 0.889 bits per heavy atom. The van der Waals surface area contributed by atoms with E-state index in [0.717, 1.165) is 0 Å². The largest absolute Gasteiger partial charge is 0.253 e. The van der Waals surface area contributed by atoms with E-state index in [4.69, 9.17) is 0 Å². The van der Waals surface area contributed by atoms with Crippen molar-refractivity contribution in [2.45, 2.75) is 0 Å². The Labute approximate surface area is 99.3 Å². The first kappa shape index (κ1) is 12.0. The van der Waals surface area contributed by atoms with Crippen LogP contribution in [0.4, 0.5) is 17.6 Å². The average Bonchev–Trinajstić information content (AvgIpc) is 2.38. The highest BCUT2D eigenvalue weighted by Gasteiger charge is 2.18. The molecule has 0 radical (unpaired) electrons. The predicted octanol–water partition coefficient (Wildman–Crippen LogP) is 2.43. The van der Waals surface area contributed by atoms with Gasteiger partial charge < -0.3 is 0 Å². The molecule has 0 saturated heterocycles. The summed E-state index contributed by atoms with van der Waals surface area (Å²) in [5.74, 6) is -2.44. The van der Waals surface area contributed by atoms with E-state index in [1.165, 1.54) is 12.3 Å². The fourth-order valence-corrected chi connectivity index (χ4v) is 1.16. The summed E-state index contributed by atoms with van der Waals surface area (Å²) in [5, 5.41) is 0. The summed E-state index contributed by atoms with van der Waals surface area (Å²) >= 11 is 0. The van der Waals surface area contributed by atoms with Crippen LogP contribution in [0.15, 0.2) is 24.4 Å². The Morgan fingerprint density at radius 3 is 2.11 bits per heavy atom. The van der Waals surface area contributed by atoms with Crippen molar-refractivity contribution in [2.24, 2.45) is 0 Å². The number of hydrogen-bond acceptors (Lipinski definition) is 2. The highest BCUT2D eigenvalue weighted by molar-refractivity contribution is 5.40. The second-order valence-corrected chi connectivity index (χ2v) is 3.16. The first-order chi connectivity index (χ1) is 8.59. The summed E-state index contributed by atoms with van der Waals surface area (Å²) in [4.78, 5) is 6.20. The minimum atomic E-state index is -1.74. The quantitative estimate of drug-likeness (QED) is 0.409. The molecule has 2 rings (SSSR count). The zero-order valence-electron chi connectivity index (χ0n) is 8.72. The number of rotatable bonds is 0. The van der Waals surface area contributed by atoms with Gasteiger partial charge in [-0.2, -0.15) is 13.8 Å². The Morgan fingerprint density at radius 2 is 1.56 bits per heavy atom. The monoisotopic (exact) mass is 252 g/mol. The number of pyridine rings is 2. The van der Waals surface area contributed by atoms with Crippen LogP contribution in [0.2, 0.25) is 0 Å². The number of aromatic nitrogens is 2. The van der Waals surface area contributed by atoms with Crippen LogP contribution >= 0.6 is 0 Å². The molecule has 0 saturated carbocycles. The maximum absolute atomic E-state index is 13.2. The van der Waals surface area contributed by atoms with E-state index in [9.17, 15) is 17.6 Å². The molecule has 2 nitrogen and oxygen atoms in total. The zero-order valence-corrected chi connectivity index (χ0v) is 8.72. The summed E-state index contributed by atoms with van der Waals surface area (Å²) in [6.45, 7) is 0. The van der Waals surface area contributed by atoms with Crippen LogP contribution in [0, 0.1) is 35.4 Å². The molecule has 6 heteroatoms. The lowest BCUT2D eigenvalue weighted by atomic mass is 10.2. The Bertz CT molecular complexity index is 618. The first-order valence-electron chi connectivity index (χ1n) is 4.72. The molecule has 90 valence electrons. The van der Waals surface area contributed by atoms with Crippen molar-refractivity contribution < 1.29 is 17.6 Å². The van der Waals surface area contributed by atoms with E-state index >= 15 is 0 Å². The predicted molar refractivity (Wildman–Crippen MR) is 54.3 cm³/mol. The maximum Gasteiger partial charge on any atom is 0.253 e. The molecule has 0 fully saturated rings. The highest BCUT2D eigenvalue weighted by atomic mass is 19.2. The molecule has 18 heavy (non-hydrogen) atoms. The summed E-state index contributed by atoms with van der Waals surface area (Å²) in [6, 6.07) is 4.71. The van der Waals surface area contributed by atoms with Crippen molar-refractivity contribution in [3.05, 3.63) is 59.2 Å². The molecule has 0 aliphatic heterocycles.